The summed E-state index contributed by atoms with van der Waals surface area (Å²) in [5.74, 6) is -0.682. The summed E-state index contributed by atoms with van der Waals surface area (Å²) in [5, 5.41) is 13.2. The van der Waals surface area contributed by atoms with E-state index < -0.39 is 22.8 Å². The topological polar surface area (TPSA) is 141 Å². The third-order valence-electron chi connectivity index (χ3n) is 5.14. The van der Waals surface area contributed by atoms with Crippen molar-refractivity contribution in [3.05, 3.63) is 76.0 Å². The van der Waals surface area contributed by atoms with Crippen LogP contribution < -0.4 is 19.7 Å². The van der Waals surface area contributed by atoms with Crippen LogP contribution in [-0.2, 0) is 9.59 Å². The van der Waals surface area contributed by atoms with E-state index in [2.05, 4.69) is 5.32 Å². The van der Waals surface area contributed by atoms with Gasteiger partial charge >= 0.3 is 6.03 Å². The van der Waals surface area contributed by atoms with Crippen molar-refractivity contribution in [1.82, 2.24) is 5.32 Å². The molecule has 1 aromatic heterocycles. The number of carbonyl (C=O) groups excluding carboxylic acids is 3. The summed E-state index contributed by atoms with van der Waals surface area (Å²) >= 11 is 0. The van der Waals surface area contributed by atoms with Gasteiger partial charge in [0.25, 0.3) is 17.5 Å². The Morgan fingerprint density at radius 3 is 2.53 bits per heavy atom. The van der Waals surface area contributed by atoms with Crippen molar-refractivity contribution in [2.45, 2.75) is 13.8 Å². The number of rotatable bonds is 8. The van der Waals surface area contributed by atoms with Crippen LogP contribution in [0.15, 0.2) is 64.6 Å². The predicted molar refractivity (Wildman–Crippen MR) is 129 cm³/mol. The molecule has 0 aliphatic carbocycles. The smallest absolute Gasteiger partial charge is 0.336 e. The van der Waals surface area contributed by atoms with Gasteiger partial charge in [-0.25, -0.2) is 9.69 Å². The number of amides is 4. The molecule has 0 spiro atoms. The van der Waals surface area contributed by atoms with Gasteiger partial charge in [-0.2, -0.15) is 0 Å². The SMILES string of the molecule is CCOc1ccc(OCC)c(N2C(=O)NC(=O)/C(=C\c3ccc(-c4cccc([N+](=O)[O-])c4)o3)C2=O)c1. The van der Waals surface area contributed by atoms with E-state index in [9.17, 15) is 24.5 Å². The van der Waals surface area contributed by atoms with Crippen LogP contribution in [0.3, 0.4) is 0 Å². The molecule has 0 saturated carbocycles. The van der Waals surface area contributed by atoms with Crippen molar-refractivity contribution in [2.24, 2.45) is 0 Å². The van der Waals surface area contributed by atoms with Crippen molar-refractivity contribution in [1.29, 1.82) is 0 Å². The van der Waals surface area contributed by atoms with Crippen LogP contribution in [0, 0.1) is 10.1 Å². The lowest BCUT2D eigenvalue weighted by molar-refractivity contribution is -0.384. The molecule has 1 aliphatic rings. The summed E-state index contributed by atoms with van der Waals surface area (Å²) in [4.78, 5) is 49.9. The number of hydrogen-bond acceptors (Lipinski definition) is 8. The molecule has 0 bridgehead atoms. The molecule has 4 amide bonds. The Labute approximate surface area is 205 Å². The fraction of sp³-hybridized carbons (Fsp3) is 0.160. The number of ether oxygens (including phenoxy) is 2. The van der Waals surface area contributed by atoms with Crippen LogP contribution in [0.5, 0.6) is 11.5 Å². The molecule has 1 fully saturated rings. The first-order valence-electron chi connectivity index (χ1n) is 11.0. The maximum Gasteiger partial charge on any atom is 0.336 e. The normalized spacial score (nSPS) is 14.7. The lowest BCUT2D eigenvalue weighted by Crippen LogP contribution is -2.54. The highest BCUT2D eigenvalue weighted by Crippen LogP contribution is 2.35. The third kappa shape index (κ3) is 4.80. The number of nitro benzene ring substituents is 1. The van der Waals surface area contributed by atoms with E-state index in [0.717, 1.165) is 4.90 Å². The fourth-order valence-electron chi connectivity index (χ4n) is 3.58. The number of nitro groups is 1. The Balaban J connectivity index is 1.70. The standard InChI is InChI=1S/C25H21N3O8/c1-3-34-17-8-11-22(35-4-2)20(14-17)27-24(30)19(23(29)26-25(27)31)13-18-9-10-21(36-18)15-6-5-7-16(12-15)28(32)33/h5-14H,3-4H2,1-2H3,(H,26,29,31)/b19-13+. The van der Waals surface area contributed by atoms with E-state index in [0.29, 0.717) is 23.7 Å². The minimum atomic E-state index is -0.937. The summed E-state index contributed by atoms with van der Waals surface area (Å²) in [6.45, 7) is 4.18. The van der Waals surface area contributed by atoms with Gasteiger partial charge < -0.3 is 13.9 Å². The van der Waals surface area contributed by atoms with Crippen LogP contribution in [0.1, 0.15) is 19.6 Å². The van der Waals surface area contributed by atoms with Crippen LogP contribution in [0.25, 0.3) is 17.4 Å². The number of benzene rings is 2. The molecule has 2 aromatic carbocycles. The lowest BCUT2D eigenvalue weighted by Gasteiger charge is -2.28. The molecular formula is C25H21N3O8. The predicted octanol–water partition coefficient (Wildman–Crippen LogP) is 4.32. The zero-order valence-electron chi connectivity index (χ0n) is 19.3. The highest BCUT2D eigenvalue weighted by atomic mass is 16.6. The molecule has 2 heterocycles. The van der Waals surface area contributed by atoms with Crippen LogP contribution in [0.2, 0.25) is 0 Å². The summed E-state index contributed by atoms with van der Waals surface area (Å²) in [7, 11) is 0. The number of hydrogen-bond donors (Lipinski definition) is 1. The minimum Gasteiger partial charge on any atom is -0.494 e. The number of carbonyl (C=O) groups is 3. The molecule has 0 atom stereocenters. The molecular weight excluding hydrogens is 470 g/mol. The van der Waals surface area contributed by atoms with E-state index in [1.165, 1.54) is 36.4 Å². The van der Waals surface area contributed by atoms with Gasteiger partial charge in [0.05, 0.1) is 23.8 Å². The van der Waals surface area contributed by atoms with Gasteiger partial charge in [-0.1, -0.05) is 12.1 Å². The number of imide groups is 2. The van der Waals surface area contributed by atoms with E-state index >= 15 is 0 Å². The fourth-order valence-corrected chi connectivity index (χ4v) is 3.58. The molecule has 1 saturated heterocycles. The summed E-state index contributed by atoms with van der Waals surface area (Å²) in [6.07, 6.45) is 1.20. The zero-order valence-corrected chi connectivity index (χ0v) is 19.3. The molecule has 36 heavy (non-hydrogen) atoms. The van der Waals surface area contributed by atoms with Gasteiger partial charge in [0.15, 0.2) is 0 Å². The quantitative estimate of drug-likeness (QED) is 0.213. The molecule has 184 valence electrons. The van der Waals surface area contributed by atoms with Crippen molar-refractivity contribution < 1.29 is 33.2 Å². The number of nitrogens with zero attached hydrogens (tertiary/aromatic N) is 2. The monoisotopic (exact) mass is 491 g/mol. The number of anilines is 1. The maximum absolute atomic E-state index is 13.3. The maximum atomic E-state index is 13.3. The first-order valence-corrected chi connectivity index (χ1v) is 11.0. The number of barbiturate groups is 1. The number of nitrogens with one attached hydrogen (secondary N) is 1. The van der Waals surface area contributed by atoms with E-state index in [1.54, 1.807) is 38.1 Å². The van der Waals surface area contributed by atoms with Crippen molar-refractivity contribution in [3.63, 3.8) is 0 Å². The average Bonchev–Trinajstić information content (AvgIpc) is 3.32. The highest BCUT2D eigenvalue weighted by Gasteiger charge is 2.38. The largest absolute Gasteiger partial charge is 0.494 e. The molecule has 11 nitrogen and oxygen atoms in total. The molecule has 0 radical (unpaired) electrons. The van der Waals surface area contributed by atoms with Gasteiger partial charge in [-0.3, -0.25) is 25.0 Å². The third-order valence-corrected chi connectivity index (χ3v) is 5.14. The van der Waals surface area contributed by atoms with E-state index in [1.807, 2.05) is 0 Å². The van der Waals surface area contributed by atoms with Crippen LogP contribution in [0.4, 0.5) is 16.2 Å². The second-order valence-electron chi connectivity index (χ2n) is 7.46. The first kappa shape index (κ1) is 24.2. The van der Waals surface area contributed by atoms with E-state index in [-0.39, 0.29) is 35.1 Å². The second-order valence-corrected chi connectivity index (χ2v) is 7.46. The van der Waals surface area contributed by atoms with Gasteiger partial charge in [0.1, 0.15) is 28.6 Å². The van der Waals surface area contributed by atoms with Crippen molar-refractivity contribution >= 4 is 35.3 Å². The molecule has 0 unspecified atom stereocenters. The zero-order chi connectivity index (χ0) is 25.8. The molecule has 1 N–H and O–H groups in total. The Morgan fingerprint density at radius 1 is 1.03 bits per heavy atom. The molecule has 3 aromatic rings. The second kappa shape index (κ2) is 10.1. The van der Waals surface area contributed by atoms with Gasteiger partial charge in [0, 0.05) is 23.8 Å². The Kier molecular flexibility index (Phi) is 6.81. The minimum absolute atomic E-state index is 0.112. The molecule has 4 rings (SSSR count). The summed E-state index contributed by atoms with van der Waals surface area (Å²) in [6, 6.07) is 12.7. The Morgan fingerprint density at radius 2 is 1.81 bits per heavy atom. The van der Waals surface area contributed by atoms with Crippen LogP contribution >= 0.6 is 0 Å². The Hall–Kier alpha value is -4.93. The first-order chi connectivity index (χ1) is 17.3. The van der Waals surface area contributed by atoms with Crippen molar-refractivity contribution in [2.75, 3.05) is 18.1 Å². The lowest BCUT2D eigenvalue weighted by atomic mass is 10.1. The van der Waals surface area contributed by atoms with E-state index in [4.69, 9.17) is 13.9 Å². The summed E-state index contributed by atoms with van der Waals surface area (Å²) in [5.41, 5.74) is 0.0950. The van der Waals surface area contributed by atoms with Gasteiger partial charge in [0.2, 0.25) is 0 Å². The van der Waals surface area contributed by atoms with Gasteiger partial charge in [-0.15, -0.1) is 0 Å². The molecule has 1 aliphatic heterocycles. The summed E-state index contributed by atoms with van der Waals surface area (Å²) < 4.78 is 16.8. The molecule has 11 heteroatoms. The van der Waals surface area contributed by atoms with Crippen molar-refractivity contribution in [3.8, 4) is 22.8 Å². The Bertz CT molecular complexity index is 1390. The van der Waals surface area contributed by atoms with Gasteiger partial charge in [-0.05, 0) is 44.2 Å². The van der Waals surface area contributed by atoms with Crippen LogP contribution in [-0.4, -0.2) is 36.0 Å². The number of non-ortho nitro benzene ring substituents is 1. The number of furan rings is 1. The highest BCUT2D eigenvalue weighted by molar-refractivity contribution is 6.39. The number of urea groups is 1. The average molecular weight is 491 g/mol.